The number of nitrogens with one attached hydrogen (secondary N) is 1. The van der Waals surface area contributed by atoms with Crippen LogP contribution in [-0.4, -0.2) is 35.9 Å². The zero-order chi connectivity index (χ0) is 12.3. The molecule has 0 unspecified atom stereocenters. The van der Waals surface area contributed by atoms with Gasteiger partial charge in [-0.3, -0.25) is 4.21 Å². The van der Waals surface area contributed by atoms with Crippen molar-refractivity contribution in [2.75, 3.05) is 36.5 Å². The van der Waals surface area contributed by atoms with Gasteiger partial charge in [-0.15, -0.1) is 0 Å². The molecule has 1 aliphatic rings. The van der Waals surface area contributed by atoms with Crippen molar-refractivity contribution < 1.29 is 4.21 Å². The highest BCUT2D eigenvalue weighted by Gasteiger charge is 2.16. The van der Waals surface area contributed by atoms with Gasteiger partial charge in [0, 0.05) is 52.1 Å². The number of benzene rings is 1. The third-order valence-corrected chi connectivity index (χ3v) is 4.96. The average Bonchev–Trinajstić information content (AvgIpc) is 2.33. The maximum atomic E-state index is 11.3. The van der Waals surface area contributed by atoms with Gasteiger partial charge >= 0.3 is 0 Å². The molecule has 0 atom stereocenters. The van der Waals surface area contributed by atoms with E-state index in [1.807, 2.05) is 7.05 Å². The molecule has 0 bridgehead atoms. The Morgan fingerprint density at radius 1 is 1.41 bits per heavy atom. The molecule has 17 heavy (non-hydrogen) atoms. The number of hydrogen-bond donors (Lipinski definition) is 1. The average molecular weight is 317 g/mol. The minimum Gasteiger partial charge on any atom is -0.370 e. The maximum Gasteiger partial charge on any atom is 0.0411 e. The Morgan fingerprint density at radius 3 is 2.71 bits per heavy atom. The summed E-state index contributed by atoms with van der Waals surface area (Å²) < 4.78 is 12.4. The monoisotopic (exact) mass is 316 g/mol. The molecule has 3 nitrogen and oxygen atoms in total. The summed E-state index contributed by atoms with van der Waals surface area (Å²) in [7, 11) is 1.33. The molecule has 1 aromatic carbocycles. The van der Waals surface area contributed by atoms with Crippen LogP contribution in [0.25, 0.3) is 0 Å². The molecule has 0 saturated carbocycles. The van der Waals surface area contributed by atoms with Crippen LogP contribution in [0.2, 0.25) is 0 Å². The van der Waals surface area contributed by atoms with E-state index in [-0.39, 0.29) is 0 Å². The van der Waals surface area contributed by atoms with Crippen molar-refractivity contribution >= 4 is 32.4 Å². The topological polar surface area (TPSA) is 32.3 Å². The normalized spacial score (nSPS) is 17.4. The van der Waals surface area contributed by atoms with Crippen LogP contribution < -0.4 is 10.2 Å². The molecular weight excluding hydrogens is 300 g/mol. The molecule has 1 heterocycles. The summed E-state index contributed by atoms with van der Waals surface area (Å²) in [5, 5.41) is 3.15. The first kappa shape index (κ1) is 13.1. The summed E-state index contributed by atoms with van der Waals surface area (Å²) in [5.74, 6) is 1.58. The zero-order valence-electron chi connectivity index (χ0n) is 9.91. The van der Waals surface area contributed by atoms with Gasteiger partial charge in [-0.1, -0.05) is 22.0 Å². The Labute approximate surface area is 113 Å². The van der Waals surface area contributed by atoms with E-state index in [1.54, 1.807) is 0 Å². The van der Waals surface area contributed by atoms with E-state index in [2.05, 4.69) is 44.3 Å². The Kier molecular flexibility index (Phi) is 4.59. The highest BCUT2D eigenvalue weighted by atomic mass is 79.9. The van der Waals surface area contributed by atoms with Gasteiger partial charge in [0.15, 0.2) is 0 Å². The highest BCUT2D eigenvalue weighted by Crippen LogP contribution is 2.25. The Hall–Kier alpha value is -0.390. The van der Waals surface area contributed by atoms with E-state index >= 15 is 0 Å². The molecule has 0 aliphatic carbocycles. The molecule has 1 saturated heterocycles. The SMILES string of the molecule is CNCc1ccc(N2CCS(=O)CC2)cc1Br. The fraction of sp³-hybridized carbons (Fsp3) is 0.500. The highest BCUT2D eigenvalue weighted by molar-refractivity contribution is 9.10. The van der Waals surface area contributed by atoms with Gasteiger partial charge in [-0.25, -0.2) is 0 Å². The van der Waals surface area contributed by atoms with Crippen molar-refractivity contribution in [1.29, 1.82) is 0 Å². The van der Waals surface area contributed by atoms with Gasteiger partial charge in [-0.05, 0) is 24.7 Å². The predicted molar refractivity (Wildman–Crippen MR) is 77.0 cm³/mol. The van der Waals surface area contributed by atoms with Gasteiger partial charge in [0.2, 0.25) is 0 Å². The van der Waals surface area contributed by atoms with Crippen molar-refractivity contribution in [3.8, 4) is 0 Å². The van der Waals surface area contributed by atoms with Crippen molar-refractivity contribution in [3.05, 3.63) is 28.2 Å². The van der Waals surface area contributed by atoms with Crippen LogP contribution in [0, 0.1) is 0 Å². The minimum atomic E-state index is -0.611. The third kappa shape index (κ3) is 3.30. The number of halogens is 1. The van der Waals surface area contributed by atoms with E-state index in [4.69, 9.17) is 0 Å². The van der Waals surface area contributed by atoms with Gasteiger partial charge < -0.3 is 10.2 Å². The molecule has 94 valence electrons. The standard InChI is InChI=1S/C12H17BrN2OS/c1-14-9-10-2-3-11(8-12(10)13)15-4-6-17(16)7-5-15/h2-3,8,14H,4-7,9H2,1H3. The van der Waals surface area contributed by atoms with Gasteiger partial charge in [0.1, 0.15) is 0 Å². The second kappa shape index (κ2) is 5.98. The van der Waals surface area contributed by atoms with E-state index in [0.29, 0.717) is 0 Å². The quantitative estimate of drug-likeness (QED) is 0.922. The van der Waals surface area contributed by atoms with Crippen LogP contribution in [-0.2, 0) is 17.3 Å². The molecule has 1 aliphatic heterocycles. The summed E-state index contributed by atoms with van der Waals surface area (Å²) in [6.45, 7) is 2.65. The van der Waals surface area contributed by atoms with Gasteiger partial charge in [0.25, 0.3) is 0 Å². The Bertz CT molecular complexity index is 415. The van der Waals surface area contributed by atoms with Gasteiger partial charge in [0.05, 0.1) is 0 Å². The lowest BCUT2D eigenvalue weighted by atomic mass is 10.2. The summed E-state index contributed by atoms with van der Waals surface area (Å²) >= 11 is 3.60. The lowest BCUT2D eigenvalue weighted by Crippen LogP contribution is -2.37. The van der Waals surface area contributed by atoms with E-state index < -0.39 is 10.8 Å². The molecule has 1 fully saturated rings. The molecule has 0 aromatic heterocycles. The first-order chi connectivity index (χ1) is 8.20. The summed E-state index contributed by atoms with van der Waals surface area (Å²) in [5.41, 5.74) is 2.48. The Balaban J connectivity index is 2.11. The predicted octanol–water partition coefficient (Wildman–Crippen LogP) is 1.74. The molecule has 1 aromatic rings. The second-order valence-electron chi connectivity index (χ2n) is 4.14. The van der Waals surface area contributed by atoms with E-state index in [1.165, 1.54) is 11.3 Å². The summed E-state index contributed by atoms with van der Waals surface area (Å²) in [4.78, 5) is 2.30. The fourth-order valence-corrected chi connectivity index (χ4v) is 3.52. The maximum absolute atomic E-state index is 11.3. The second-order valence-corrected chi connectivity index (χ2v) is 6.69. The zero-order valence-corrected chi connectivity index (χ0v) is 12.3. The van der Waals surface area contributed by atoms with E-state index in [0.717, 1.165) is 35.6 Å². The number of rotatable bonds is 3. The summed E-state index contributed by atoms with van der Waals surface area (Å²) in [6, 6.07) is 6.44. The van der Waals surface area contributed by atoms with Gasteiger partial charge in [-0.2, -0.15) is 0 Å². The molecular formula is C12H17BrN2OS. The van der Waals surface area contributed by atoms with Crippen molar-refractivity contribution in [2.45, 2.75) is 6.54 Å². The first-order valence-corrected chi connectivity index (χ1v) is 8.02. The van der Waals surface area contributed by atoms with Crippen LogP contribution >= 0.6 is 15.9 Å². The lowest BCUT2D eigenvalue weighted by molar-refractivity contribution is 0.673. The number of anilines is 1. The molecule has 0 spiro atoms. The molecule has 0 amide bonds. The smallest absolute Gasteiger partial charge is 0.0411 e. The van der Waals surface area contributed by atoms with Crippen LogP contribution in [0.5, 0.6) is 0 Å². The molecule has 1 N–H and O–H groups in total. The Morgan fingerprint density at radius 2 is 2.12 bits per heavy atom. The first-order valence-electron chi connectivity index (χ1n) is 5.73. The lowest BCUT2D eigenvalue weighted by Gasteiger charge is -2.28. The number of nitrogens with zero attached hydrogens (tertiary/aromatic N) is 1. The molecule has 2 rings (SSSR count). The van der Waals surface area contributed by atoms with Crippen LogP contribution in [0.4, 0.5) is 5.69 Å². The van der Waals surface area contributed by atoms with Crippen molar-refractivity contribution in [1.82, 2.24) is 5.32 Å². The summed E-state index contributed by atoms with van der Waals surface area (Å²) in [6.07, 6.45) is 0. The van der Waals surface area contributed by atoms with E-state index in [9.17, 15) is 4.21 Å². The number of hydrogen-bond acceptors (Lipinski definition) is 3. The molecule has 5 heteroatoms. The fourth-order valence-electron chi connectivity index (χ4n) is 1.96. The largest absolute Gasteiger partial charge is 0.370 e. The van der Waals surface area contributed by atoms with Crippen LogP contribution in [0.1, 0.15) is 5.56 Å². The van der Waals surface area contributed by atoms with Crippen molar-refractivity contribution in [3.63, 3.8) is 0 Å². The van der Waals surface area contributed by atoms with Crippen LogP contribution in [0.15, 0.2) is 22.7 Å². The van der Waals surface area contributed by atoms with Crippen LogP contribution in [0.3, 0.4) is 0 Å². The minimum absolute atomic E-state index is 0.611. The third-order valence-electron chi connectivity index (χ3n) is 2.95. The molecule has 0 radical (unpaired) electrons. The van der Waals surface area contributed by atoms with Crippen molar-refractivity contribution in [2.24, 2.45) is 0 Å².